The van der Waals surface area contributed by atoms with Crippen molar-refractivity contribution in [1.29, 1.82) is 0 Å². The minimum atomic E-state index is -1.18. The normalized spacial score (nSPS) is 14.0. The van der Waals surface area contributed by atoms with Crippen molar-refractivity contribution >= 4 is 5.91 Å². The molecule has 0 aliphatic heterocycles. The Morgan fingerprint density at radius 3 is 2.81 bits per heavy atom. The Labute approximate surface area is 123 Å². The second kappa shape index (κ2) is 5.73. The predicted molar refractivity (Wildman–Crippen MR) is 77.9 cm³/mol. The van der Waals surface area contributed by atoms with Gasteiger partial charge >= 0.3 is 0 Å². The highest BCUT2D eigenvalue weighted by molar-refractivity contribution is 5.91. The third kappa shape index (κ3) is 3.33. The summed E-state index contributed by atoms with van der Waals surface area (Å²) in [6, 6.07) is 1.72. The van der Waals surface area contributed by atoms with Crippen LogP contribution in [-0.4, -0.2) is 27.3 Å². The lowest BCUT2D eigenvalue weighted by molar-refractivity contribution is 0.0518. The van der Waals surface area contributed by atoms with Crippen LogP contribution in [0, 0.1) is 6.92 Å². The average Bonchev–Trinajstić information content (AvgIpc) is 3.02. The molecular weight excluding hydrogens is 270 g/mol. The van der Waals surface area contributed by atoms with E-state index in [-0.39, 0.29) is 18.2 Å². The van der Waals surface area contributed by atoms with Crippen LogP contribution in [-0.2, 0) is 19.1 Å². The highest BCUT2D eigenvalue weighted by Crippen LogP contribution is 2.19. The standard InChI is InChI=1S/C15H21N3O3/c1-5-12-10(2)6-13(21-12)14(19)16-9-15(3,20)11-7-17-18(4)8-11/h6-8,20H,5,9H2,1-4H3,(H,16,19). The number of furan rings is 1. The third-order valence-corrected chi connectivity index (χ3v) is 3.49. The Morgan fingerprint density at radius 1 is 1.57 bits per heavy atom. The summed E-state index contributed by atoms with van der Waals surface area (Å²) < 4.78 is 7.10. The first-order valence-corrected chi connectivity index (χ1v) is 6.92. The molecule has 6 heteroatoms. The number of aromatic nitrogens is 2. The van der Waals surface area contributed by atoms with E-state index in [0.29, 0.717) is 5.56 Å². The van der Waals surface area contributed by atoms with Crippen molar-refractivity contribution in [1.82, 2.24) is 15.1 Å². The smallest absolute Gasteiger partial charge is 0.287 e. The number of hydrogen-bond acceptors (Lipinski definition) is 4. The topological polar surface area (TPSA) is 80.3 Å². The van der Waals surface area contributed by atoms with Gasteiger partial charge in [0, 0.05) is 25.2 Å². The Kier molecular flexibility index (Phi) is 4.18. The number of amides is 1. The summed E-state index contributed by atoms with van der Waals surface area (Å²) in [5.41, 5.74) is 0.427. The summed E-state index contributed by atoms with van der Waals surface area (Å²) in [6.07, 6.45) is 4.04. The molecule has 2 aromatic heterocycles. The summed E-state index contributed by atoms with van der Waals surface area (Å²) in [6.45, 7) is 5.60. The van der Waals surface area contributed by atoms with E-state index in [9.17, 15) is 9.90 Å². The molecule has 0 saturated heterocycles. The van der Waals surface area contributed by atoms with E-state index in [4.69, 9.17) is 4.42 Å². The van der Waals surface area contributed by atoms with Crippen LogP contribution in [0.5, 0.6) is 0 Å². The fourth-order valence-corrected chi connectivity index (χ4v) is 2.12. The van der Waals surface area contributed by atoms with E-state index in [1.54, 1.807) is 37.1 Å². The third-order valence-electron chi connectivity index (χ3n) is 3.49. The van der Waals surface area contributed by atoms with Crippen LogP contribution in [0.1, 0.15) is 41.3 Å². The monoisotopic (exact) mass is 291 g/mol. The molecule has 114 valence electrons. The largest absolute Gasteiger partial charge is 0.456 e. The van der Waals surface area contributed by atoms with Crippen molar-refractivity contribution in [3.63, 3.8) is 0 Å². The highest BCUT2D eigenvalue weighted by Gasteiger charge is 2.26. The van der Waals surface area contributed by atoms with Crippen LogP contribution in [0.25, 0.3) is 0 Å². The molecule has 0 aliphatic rings. The van der Waals surface area contributed by atoms with Gasteiger partial charge in [-0.2, -0.15) is 5.10 Å². The SMILES string of the molecule is CCc1oc(C(=O)NCC(C)(O)c2cnn(C)c2)cc1C. The molecule has 0 fully saturated rings. The number of carbonyl (C=O) groups is 1. The summed E-state index contributed by atoms with van der Waals surface area (Å²) in [5, 5.41) is 17.1. The molecule has 2 heterocycles. The lowest BCUT2D eigenvalue weighted by Gasteiger charge is -2.21. The van der Waals surface area contributed by atoms with E-state index in [2.05, 4.69) is 10.4 Å². The van der Waals surface area contributed by atoms with Gasteiger partial charge in [0.2, 0.25) is 0 Å². The summed E-state index contributed by atoms with van der Waals surface area (Å²) in [7, 11) is 1.77. The van der Waals surface area contributed by atoms with Gasteiger partial charge in [-0.3, -0.25) is 9.48 Å². The van der Waals surface area contributed by atoms with Gasteiger partial charge in [0.15, 0.2) is 5.76 Å². The second-order valence-electron chi connectivity index (χ2n) is 5.43. The minimum Gasteiger partial charge on any atom is -0.456 e. The lowest BCUT2D eigenvalue weighted by atomic mass is 10.00. The van der Waals surface area contributed by atoms with Gasteiger partial charge in [0.25, 0.3) is 5.91 Å². The lowest BCUT2D eigenvalue weighted by Crippen LogP contribution is -2.38. The number of rotatable bonds is 5. The molecule has 0 aliphatic carbocycles. The van der Waals surface area contributed by atoms with Crippen molar-refractivity contribution in [3.8, 4) is 0 Å². The van der Waals surface area contributed by atoms with Crippen molar-refractivity contribution in [2.24, 2.45) is 7.05 Å². The number of hydrogen-bond donors (Lipinski definition) is 2. The fourth-order valence-electron chi connectivity index (χ4n) is 2.12. The first-order valence-electron chi connectivity index (χ1n) is 6.92. The quantitative estimate of drug-likeness (QED) is 0.875. The highest BCUT2D eigenvalue weighted by atomic mass is 16.4. The van der Waals surface area contributed by atoms with Gasteiger partial charge in [-0.15, -0.1) is 0 Å². The van der Waals surface area contributed by atoms with Crippen molar-refractivity contribution in [2.45, 2.75) is 32.8 Å². The van der Waals surface area contributed by atoms with Crippen LogP contribution >= 0.6 is 0 Å². The fraction of sp³-hybridized carbons (Fsp3) is 0.467. The van der Waals surface area contributed by atoms with Crippen LogP contribution < -0.4 is 5.32 Å². The zero-order chi connectivity index (χ0) is 15.6. The molecule has 0 aromatic carbocycles. The number of aliphatic hydroxyl groups is 1. The van der Waals surface area contributed by atoms with E-state index in [1.807, 2.05) is 13.8 Å². The van der Waals surface area contributed by atoms with Crippen LogP contribution in [0.2, 0.25) is 0 Å². The molecule has 6 nitrogen and oxygen atoms in total. The van der Waals surface area contributed by atoms with Crippen LogP contribution in [0.3, 0.4) is 0 Å². The molecule has 2 N–H and O–H groups in total. The Bertz CT molecular complexity index is 640. The molecule has 1 amide bonds. The van der Waals surface area contributed by atoms with Gasteiger partial charge < -0.3 is 14.8 Å². The van der Waals surface area contributed by atoms with Gasteiger partial charge in [-0.05, 0) is 25.5 Å². The van der Waals surface area contributed by atoms with E-state index >= 15 is 0 Å². The molecule has 2 rings (SSSR count). The number of nitrogens with zero attached hydrogens (tertiary/aromatic N) is 2. The van der Waals surface area contributed by atoms with E-state index in [0.717, 1.165) is 17.7 Å². The van der Waals surface area contributed by atoms with Gasteiger partial charge in [0.05, 0.1) is 12.7 Å². The first-order chi connectivity index (χ1) is 9.83. The number of aryl methyl sites for hydroxylation is 3. The molecular formula is C15H21N3O3. The van der Waals surface area contributed by atoms with Crippen LogP contribution in [0.15, 0.2) is 22.9 Å². The van der Waals surface area contributed by atoms with Gasteiger partial charge in [-0.1, -0.05) is 6.92 Å². The Morgan fingerprint density at radius 2 is 2.29 bits per heavy atom. The number of carbonyl (C=O) groups excluding carboxylic acids is 1. The molecule has 1 atom stereocenters. The maximum absolute atomic E-state index is 12.1. The number of nitrogens with one attached hydrogen (secondary N) is 1. The Balaban J connectivity index is 2.03. The molecule has 0 saturated carbocycles. The van der Waals surface area contributed by atoms with Crippen LogP contribution in [0.4, 0.5) is 0 Å². The van der Waals surface area contributed by atoms with Gasteiger partial charge in [-0.25, -0.2) is 0 Å². The molecule has 0 radical (unpaired) electrons. The van der Waals surface area contributed by atoms with Crippen molar-refractivity contribution in [3.05, 3.63) is 41.1 Å². The van der Waals surface area contributed by atoms with Crippen molar-refractivity contribution in [2.75, 3.05) is 6.54 Å². The molecule has 0 spiro atoms. The maximum Gasteiger partial charge on any atom is 0.287 e. The first kappa shape index (κ1) is 15.3. The zero-order valence-electron chi connectivity index (χ0n) is 12.8. The summed E-state index contributed by atoms with van der Waals surface area (Å²) in [4.78, 5) is 12.1. The maximum atomic E-state index is 12.1. The summed E-state index contributed by atoms with van der Waals surface area (Å²) in [5.74, 6) is 0.743. The minimum absolute atomic E-state index is 0.0821. The Hall–Kier alpha value is -2.08. The van der Waals surface area contributed by atoms with Gasteiger partial charge in [0.1, 0.15) is 11.4 Å². The predicted octanol–water partition coefficient (Wildman–Crippen LogP) is 1.52. The van der Waals surface area contributed by atoms with E-state index in [1.165, 1.54) is 0 Å². The van der Waals surface area contributed by atoms with E-state index < -0.39 is 5.60 Å². The molecule has 0 bridgehead atoms. The second-order valence-corrected chi connectivity index (χ2v) is 5.43. The molecule has 2 aromatic rings. The molecule has 21 heavy (non-hydrogen) atoms. The zero-order valence-corrected chi connectivity index (χ0v) is 12.8. The molecule has 1 unspecified atom stereocenters. The van der Waals surface area contributed by atoms with Crippen molar-refractivity contribution < 1.29 is 14.3 Å². The summed E-state index contributed by atoms with van der Waals surface area (Å²) >= 11 is 0. The average molecular weight is 291 g/mol.